The van der Waals surface area contributed by atoms with Crippen LogP contribution >= 0.6 is 0 Å². The number of carbonyl (C=O) groups is 2. The van der Waals surface area contributed by atoms with Crippen LogP contribution in [0.1, 0.15) is 30.1 Å². The first-order chi connectivity index (χ1) is 18.5. The van der Waals surface area contributed by atoms with Crippen molar-refractivity contribution in [3.05, 3.63) is 41.9 Å². The highest BCUT2D eigenvalue weighted by Crippen LogP contribution is 2.28. The summed E-state index contributed by atoms with van der Waals surface area (Å²) < 4.78 is 97.9. The monoisotopic (exact) mass is 605 g/mol. The lowest BCUT2D eigenvalue weighted by atomic mass is 10.1. The van der Waals surface area contributed by atoms with E-state index >= 15 is 0 Å². The maximum Gasteiger partial charge on any atom is 0.490 e. The van der Waals surface area contributed by atoms with Crippen LogP contribution in [0.5, 0.6) is 5.88 Å². The Morgan fingerprint density at radius 3 is 2.15 bits per heavy atom. The SMILES string of the molecule is COc1ncccc1CN1Cc2ccnn2C(CNS(=O)(=O)C2CC2)C1.O=C(O)C(F)(F)F.O=C(O)C(F)(F)F. The summed E-state index contributed by atoms with van der Waals surface area (Å²) in [5, 5.41) is 18.4. The Kier molecular flexibility index (Phi) is 10.9. The number of aliphatic carboxylic acids is 2. The molecule has 1 unspecified atom stereocenters. The molecule has 3 N–H and O–H groups in total. The summed E-state index contributed by atoms with van der Waals surface area (Å²) in [4.78, 5) is 24.3. The summed E-state index contributed by atoms with van der Waals surface area (Å²) in [6.07, 6.45) is -5.16. The smallest absolute Gasteiger partial charge is 0.481 e. The maximum atomic E-state index is 12.2. The number of fused-ring (bicyclic) bond motifs is 1. The fraction of sp³-hybridized carbons (Fsp3) is 0.524. The molecule has 0 amide bonds. The van der Waals surface area contributed by atoms with Crippen LogP contribution in [0.2, 0.25) is 0 Å². The molecule has 2 aromatic rings. The Hall–Kier alpha value is -3.45. The van der Waals surface area contributed by atoms with E-state index in [0.29, 0.717) is 25.5 Å². The summed E-state index contributed by atoms with van der Waals surface area (Å²) in [5.74, 6) is -4.89. The Morgan fingerprint density at radius 1 is 1.07 bits per heavy atom. The summed E-state index contributed by atoms with van der Waals surface area (Å²) in [7, 11) is -1.58. The molecule has 0 spiro atoms. The molecule has 1 atom stereocenters. The third-order valence-corrected chi connectivity index (χ3v) is 7.28. The van der Waals surface area contributed by atoms with Crippen molar-refractivity contribution < 1.29 is 59.3 Å². The number of hydrogen-bond acceptors (Lipinski definition) is 8. The first kappa shape index (κ1) is 32.8. The van der Waals surface area contributed by atoms with E-state index in [1.165, 1.54) is 0 Å². The first-order valence-corrected chi connectivity index (χ1v) is 12.8. The van der Waals surface area contributed by atoms with Gasteiger partial charge in [0.2, 0.25) is 15.9 Å². The molecule has 12 nitrogen and oxygen atoms in total. The van der Waals surface area contributed by atoms with Gasteiger partial charge in [-0.25, -0.2) is 27.7 Å². The van der Waals surface area contributed by atoms with Gasteiger partial charge < -0.3 is 14.9 Å². The second-order valence-electron chi connectivity index (χ2n) is 8.46. The van der Waals surface area contributed by atoms with Crippen molar-refractivity contribution in [2.75, 3.05) is 20.2 Å². The number of halogens is 6. The molecule has 2 aromatic heterocycles. The van der Waals surface area contributed by atoms with Gasteiger partial charge in [0.15, 0.2) is 0 Å². The van der Waals surface area contributed by atoms with Gasteiger partial charge in [-0.15, -0.1) is 0 Å². The second-order valence-corrected chi connectivity index (χ2v) is 10.5. The Morgan fingerprint density at radius 2 is 1.65 bits per heavy atom. The van der Waals surface area contributed by atoms with Crippen molar-refractivity contribution in [3.8, 4) is 5.88 Å². The summed E-state index contributed by atoms with van der Waals surface area (Å²) in [6, 6.07) is 5.84. The Balaban J connectivity index is 0.000000333. The van der Waals surface area contributed by atoms with Gasteiger partial charge in [0.05, 0.1) is 24.1 Å². The highest BCUT2D eigenvalue weighted by molar-refractivity contribution is 7.90. The highest BCUT2D eigenvalue weighted by atomic mass is 32.2. The van der Waals surface area contributed by atoms with Gasteiger partial charge in [-0.1, -0.05) is 6.07 Å². The van der Waals surface area contributed by atoms with Crippen LogP contribution in [0.15, 0.2) is 30.6 Å². The molecule has 1 saturated carbocycles. The van der Waals surface area contributed by atoms with E-state index < -0.39 is 34.3 Å². The first-order valence-electron chi connectivity index (χ1n) is 11.3. The van der Waals surface area contributed by atoms with Crippen molar-refractivity contribution in [1.82, 2.24) is 24.4 Å². The highest BCUT2D eigenvalue weighted by Gasteiger charge is 2.39. The molecule has 3 heterocycles. The molecule has 2 aliphatic rings. The van der Waals surface area contributed by atoms with Crippen molar-refractivity contribution in [2.45, 2.75) is 49.6 Å². The van der Waals surface area contributed by atoms with E-state index in [1.54, 1.807) is 19.5 Å². The predicted octanol–water partition coefficient (Wildman–Crippen LogP) is 2.19. The fourth-order valence-corrected chi connectivity index (χ4v) is 4.83. The van der Waals surface area contributed by atoms with Crippen LogP contribution in [0.3, 0.4) is 0 Å². The van der Waals surface area contributed by atoms with Gasteiger partial charge in [-0.05, 0) is 25.0 Å². The fourth-order valence-electron chi connectivity index (χ4n) is 3.41. The number of carboxylic acid groups (broad SMARTS) is 2. The van der Waals surface area contributed by atoms with Crippen LogP contribution in [-0.2, 0) is 32.7 Å². The number of pyridine rings is 1. The molecule has 0 radical (unpaired) electrons. The second kappa shape index (κ2) is 13.3. The van der Waals surface area contributed by atoms with Crippen LogP contribution in [0.4, 0.5) is 26.3 Å². The number of methoxy groups -OCH3 is 1. The number of ether oxygens (including phenoxy) is 1. The number of rotatable bonds is 7. The molecule has 1 aliphatic heterocycles. The summed E-state index contributed by atoms with van der Waals surface area (Å²) >= 11 is 0. The van der Waals surface area contributed by atoms with Gasteiger partial charge in [-0.2, -0.15) is 31.4 Å². The molecule has 40 heavy (non-hydrogen) atoms. The van der Waals surface area contributed by atoms with E-state index in [1.807, 2.05) is 22.9 Å². The average molecular weight is 606 g/mol. The molecule has 4 rings (SSSR count). The lowest BCUT2D eigenvalue weighted by molar-refractivity contribution is -0.193. The zero-order chi connectivity index (χ0) is 30.3. The number of nitrogens with zero attached hydrogens (tertiary/aromatic N) is 4. The zero-order valence-electron chi connectivity index (χ0n) is 20.7. The van der Waals surface area contributed by atoms with Crippen molar-refractivity contribution >= 4 is 22.0 Å². The van der Waals surface area contributed by atoms with Gasteiger partial charge in [0, 0.05) is 44.1 Å². The maximum absolute atomic E-state index is 12.2. The lowest BCUT2D eigenvalue weighted by Gasteiger charge is -2.34. The van der Waals surface area contributed by atoms with Gasteiger partial charge >= 0.3 is 24.3 Å². The van der Waals surface area contributed by atoms with E-state index in [9.17, 15) is 34.8 Å². The molecule has 0 saturated heterocycles. The third-order valence-electron chi connectivity index (χ3n) is 5.36. The van der Waals surface area contributed by atoms with E-state index in [-0.39, 0.29) is 11.3 Å². The predicted molar refractivity (Wildman–Crippen MR) is 123 cm³/mol. The number of nitrogens with one attached hydrogen (secondary N) is 1. The number of sulfonamides is 1. The average Bonchev–Trinajstić information content (AvgIpc) is 3.62. The minimum absolute atomic E-state index is 0.0371. The van der Waals surface area contributed by atoms with Gasteiger partial charge in [0.25, 0.3) is 0 Å². The molecule has 0 bridgehead atoms. The van der Waals surface area contributed by atoms with Crippen LogP contribution in [0, 0.1) is 0 Å². The molecule has 0 aromatic carbocycles. The summed E-state index contributed by atoms with van der Waals surface area (Å²) in [5.41, 5.74) is 2.09. The van der Waals surface area contributed by atoms with Crippen LogP contribution < -0.4 is 9.46 Å². The topological polar surface area (TPSA) is 164 Å². The summed E-state index contributed by atoms with van der Waals surface area (Å²) in [6.45, 7) is 2.51. The van der Waals surface area contributed by atoms with Crippen molar-refractivity contribution in [2.24, 2.45) is 0 Å². The normalized spacial score (nSPS) is 17.4. The standard InChI is InChI=1S/C17H23N5O3S.2C2HF3O2/c1-25-17-13(3-2-7-18-17)10-21-11-14-6-8-19-22(14)15(12-21)9-20-26(23,24)16-4-5-16;2*3-2(4,5)1(6)7/h2-3,6-8,15-16,20H,4-5,9-12H2,1H3;2*(H,6,7). The van der Waals surface area contributed by atoms with E-state index in [2.05, 4.69) is 19.7 Å². The van der Waals surface area contributed by atoms with E-state index in [4.69, 9.17) is 24.5 Å². The van der Waals surface area contributed by atoms with Crippen molar-refractivity contribution in [3.63, 3.8) is 0 Å². The molecule has 19 heteroatoms. The van der Waals surface area contributed by atoms with E-state index in [0.717, 1.165) is 30.6 Å². The quantitative estimate of drug-likeness (QED) is 0.399. The van der Waals surface area contributed by atoms with Crippen molar-refractivity contribution in [1.29, 1.82) is 0 Å². The van der Waals surface area contributed by atoms with Gasteiger partial charge in [-0.3, -0.25) is 9.58 Å². The minimum Gasteiger partial charge on any atom is -0.481 e. The number of carboxylic acids is 2. The zero-order valence-corrected chi connectivity index (χ0v) is 21.5. The number of aromatic nitrogens is 3. The van der Waals surface area contributed by atoms with Crippen LogP contribution in [-0.4, -0.2) is 88.0 Å². The number of hydrogen-bond donors (Lipinski definition) is 3. The molecule has 1 aliphatic carbocycles. The number of alkyl halides is 6. The minimum atomic E-state index is -5.08. The largest absolute Gasteiger partial charge is 0.490 e. The lowest BCUT2D eigenvalue weighted by Crippen LogP contribution is -2.43. The third kappa shape index (κ3) is 9.94. The Labute approximate surface area is 223 Å². The molecular weight excluding hydrogens is 580 g/mol. The molecule has 1 fully saturated rings. The Bertz CT molecular complexity index is 1240. The molecule has 224 valence electrons. The van der Waals surface area contributed by atoms with Crippen LogP contribution in [0.25, 0.3) is 0 Å². The van der Waals surface area contributed by atoms with Gasteiger partial charge in [0.1, 0.15) is 0 Å². The molecular formula is C21H25F6N5O7S.